The molecular formula is C11H13N3O. The zero-order valence-corrected chi connectivity index (χ0v) is 8.82. The van der Waals surface area contributed by atoms with Crippen molar-refractivity contribution < 1.29 is 4.79 Å². The summed E-state index contributed by atoms with van der Waals surface area (Å²) in [7, 11) is 1.89. The lowest BCUT2D eigenvalue weighted by Crippen LogP contribution is -2.10. The molecule has 0 saturated carbocycles. The van der Waals surface area contributed by atoms with Gasteiger partial charge in [-0.05, 0) is 24.6 Å². The summed E-state index contributed by atoms with van der Waals surface area (Å²) in [6.07, 6.45) is 0.847. The number of nitrogens with two attached hydrogens (primary N) is 1. The number of rotatable bonds is 2. The number of nitrogens with zero attached hydrogens (tertiary/aromatic N) is 2. The molecule has 0 radical (unpaired) electrons. The normalized spacial score (nSPS) is 10.8. The monoisotopic (exact) mass is 203 g/mol. The van der Waals surface area contributed by atoms with E-state index in [1.165, 1.54) is 0 Å². The summed E-state index contributed by atoms with van der Waals surface area (Å²) in [5.41, 5.74) is 7.79. The minimum Gasteiger partial charge on any atom is -0.366 e. The summed E-state index contributed by atoms with van der Waals surface area (Å²) in [6.45, 7) is 2.04. The molecule has 1 amide bonds. The Kier molecular flexibility index (Phi) is 2.19. The highest BCUT2D eigenvalue weighted by Gasteiger charge is 2.09. The Bertz CT molecular complexity index is 528. The first-order valence-corrected chi connectivity index (χ1v) is 4.89. The van der Waals surface area contributed by atoms with Crippen LogP contribution in [0.1, 0.15) is 23.0 Å². The van der Waals surface area contributed by atoms with Crippen molar-refractivity contribution in [2.45, 2.75) is 13.3 Å². The summed E-state index contributed by atoms with van der Waals surface area (Å²) in [6, 6.07) is 5.41. The van der Waals surface area contributed by atoms with Gasteiger partial charge in [-0.25, -0.2) is 0 Å². The first-order valence-electron chi connectivity index (χ1n) is 4.89. The molecular weight excluding hydrogens is 190 g/mol. The van der Waals surface area contributed by atoms with E-state index in [2.05, 4.69) is 5.10 Å². The van der Waals surface area contributed by atoms with Gasteiger partial charge < -0.3 is 5.73 Å². The van der Waals surface area contributed by atoms with Gasteiger partial charge in [0.1, 0.15) is 0 Å². The van der Waals surface area contributed by atoms with Crippen LogP contribution in [0.25, 0.3) is 10.9 Å². The van der Waals surface area contributed by atoms with E-state index in [1.807, 2.05) is 30.8 Å². The van der Waals surface area contributed by atoms with Crippen molar-refractivity contribution in [1.29, 1.82) is 0 Å². The Balaban J connectivity index is 2.73. The molecule has 0 aliphatic rings. The van der Waals surface area contributed by atoms with E-state index < -0.39 is 5.91 Å². The fraction of sp³-hybridized carbons (Fsp3) is 0.273. The Morgan fingerprint density at radius 1 is 1.53 bits per heavy atom. The van der Waals surface area contributed by atoms with Crippen LogP contribution in [-0.2, 0) is 13.5 Å². The zero-order valence-electron chi connectivity index (χ0n) is 8.82. The zero-order chi connectivity index (χ0) is 11.0. The van der Waals surface area contributed by atoms with Gasteiger partial charge in [0.15, 0.2) is 0 Å². The van der Waals surface area contributed by atoms with E-state index >= 15 is 0 Å². The Morgan fingerprint density at radius 3 is 2.87 bits per heavy atom. The molecule has 2 rings (SSSR count). The minimum atomic E-state index is -0.400. The topological polar surface area (TPSA) is 60.9 Å². The number of hydrogen-bond donors (Lipinski definition) is 1. The highest BCUT2D eigenvalue weighted by Crippen LogP contribution is 2.19. The van der Waals surface area contributed by atoms with Crippen molar-refractivity contribution in [3.05, 3.63) is 29.5 Å². The fourth-order valence-electron chi connectivity index (χ4n) is 1.75. The minimum absolute atomic E-state index is 0.400. The van der Waals surface area contributed by atoms with E-state index in [4.69, 9.17) is 5.73 Å². The smallest absolute Gasteiger partial charge is 0.248 e. The van der Waals surface area contributed by atoms with Gasteiger partial charge in [-0.2, -0.15) is 5.10 Å². The van der Waals surface area contributed by atoms with Gasteiger partial charge in [0.05, 0.1) is 11.2 Å². The van der Waals surface area contributed by atoms with Crippen LogP contribution < -0.4 is 5.73 Å². The van der Waals surface area contributed by atoms with Crippen LogP contribution in [0.3, 0.4) is 0 Å². The van der Waals surface area contributed by atoms with Gasteiger partial charge in [0.25, 0.3) is 0 Å². The number of benzene rings is 1. The van der Waals surface area contributed by atoms with Gasteiger partial charge in [0, 0.05) is 18.0 Å². The van der Waals surface area contributed by atoms with Gasteiger partial charge >= 0.3 is 0 Å². The van der Waals surface area contributed by atoms with Gasteiger partial charge in [-0.1, -0.05) is 6.92 Å². The maximum absolute atomic E-state index is 11.0. The molecule has 0 saturated heterocycles. The summed E-state index contributed by atoms with van der Waals surface area (Å²) in [4.78, 5) is 11.0. The molecule has 0 atom stereocenters. The first-order chi connectivity index (χ1) is 7.13. The molecule has 1 heterocycles. The Morgan fingerprint density at radius 2 is 2.27 bits per heavy atom. The third kappa shape index (κ3) is 1.48. The van der Waals surface area contributed by atoms with Crippen molar-refractivity contribution in [2.24, 2.45) is 12.8 Å². The number of fused-ring (bicyclic) bond motifs is 1. The standard InChI is InChI=1S/C11H13N3O/c1-3-9-8-6-7(11(12)15)4-5-10(8)14(2)13-9/h4-6H,3H2,1-2H3,(H2,12,15). The van der Waals surface area contributed by atoms with Gasteiger partial charge in [-0.15, -0.1) is 0 Å². The van der Waals surface area contributed by atoms with Crippen LogP contribution >= 0.6 is 0 Å². The molecule has 0 aliphatic carbocycles. The molecule has 0 bridgehead atoms. The Labute approximate surface area is 87.7 Å². The number of amides is 1. The molecule has 1 aromatic carbocycles. The van der Waals surface area contributed by atoms with Crippen LogP contribution in [0.4, 0.5) is 0 Å². The molecule has 2 N–H and O–H groups in total. The van der Waals surface area contributed by atoms with E-state index in [0.29, 0.717) is 5.56 Å². The average molecular weight is 203 g/mol. The summed E-state index contributed by atoms with van der Waals surface area (Å²) in [5.74, 6) is -0.400. The number of carbonyl (C=O) groups is 1. The van der Waals surface area contributed by atoms with Crippen LogP contribution in [0.2, 0.25) is 0 Å². The lowest BCUT2D eigenvalue weighted by molar-refractivity contribution is 0.100. The molecule has 4 heteroatoms. The SMILES string of the molecule is CCc1nn(C)c2ccc(C(N)=O)cc12. The third-order valence-electron chi connectivity index (χ3n) is 2.55. The average Bonchev–Trinajstić information content (AvgIpc) is 2.55. The molecule has 0 unspecified atom stereocenters. The third-order valence-corrected chi connectivity index (χ3v) is 2.55. The summed E-state index contributed by atoms with van der Waals surface area (Å²) < 4.78 is 1.82. The predicted molar refractivity (Wildman–Crippen MR) is 58.6 cm³/mol. The fourth-order valence-corrected chi connectivity index (χ4v) is 1.75. The Hall–Kier alpha value is -1.84. The van der Waals surface area contributed by atoms with Crippen LogP contribution in [-0.4, -0.2) is 15.7 Å². The number of aromatic nitrogens is 2. The van der Waals surface area contributed by atoms with E-state index in [0.717, 1.165) is 23.0 Å². The van der Waals surface area contributed by atoms with Gasteiger partial charge in [0.2, 0.25) is 5.91 Å². The second kappa shape index (κ2) is 3.38. The lowest BCUT2D eigenvalue weighted by Gasteiger charge is -1.97. The number of hydrogen-bond acceptors (Lipinski definition) is 2. The molecule has 4 nitrogen and oxygen atoms in total. The highest BCUT2D eigenvalue weighted by molar-refractivity contribution is 5.97. The number of carbonyl (C=O) groups excluding carboxylic acids is 1. The molecule has 78 valence electrons. The lowest BCUT2D eigenvalue weighted by atomic mass is 10.1. The maximum atomic E-state index is 11.0. The van der Waals surface area contributed by atoms with Crippen molar-refractivity contribution in [2.75, 3.05) is 0 Å². The first kappa shape index (κ1) is 9.71. The number of primary amides is 1. The maximum Gasteiger partial charge on any atom is 0.248 e. The summed E-state index contributed by atoms with van der Waals surface area (Å²) in [5, 5.41) is 5.38. The van der Waals surface area contributed by atoms with Crippen LogP contribution in [0.5, 0.6) is 0 Å². The number of aryl methyl sites for hydroxylation is 2. The van der Waals surface area contributed by atoms with E-state index in [-0.39, 0.29) is 0 Å². The molecule has 0 spiro atoms. The van der Waals surface area contributed by atoms with Crippen LogP contribution in [0, 0.1) is 0 Å². The summed E-state index contributed by atoms with van der Waals surface area (Å²) >= 11 is 0. The molecule has 1 aromatic heterocycles. The van der Waals surface area contributed by atoms with Crippen LogP contribution in [0.15, 0.2) is 18.2 Å². The molecule has 15 heavy (non-hydrogen) atoms. The van der Waals surface area contributed by atoms with E-state index in [1.54, 1.807) is 6.07 Å². The van der Waals surface area contributed by atoms with Crippen molar-refractivity contribution >= 4 is 16.8 Å². The van der Waals surface area contributed by atoms with Crippen molar-refractivity contribution in [3.8, 4) is 0 Å². The molecule has 0 aliphatic heterocycles. The largest absolute Gasteiger partial charge is 0.366 e. The van der Waals surface area contributed by atoms with E-state index in [9.17, 15) is 4.79 Å². The highest BCUT2D eigenvalue weighted by atomic mass is 16.1. The second-order valence-electron chi connectivity index (χ2n) is 3.52. The quantitative estimate of drug-likeness (QED) is 0.798. The molecule has 0 fully saturated rings. The van der Waals surface area contributed by atoms with Crippen molar-refractivity contribution in [1.82, 2.24) is 9.78 Å². The van der Waals surface area contributed by atoms with Gasteiger partial charge in [-0.3, -0.25) is 9.48 Å². The molecule has 2 aromatic rings. The predicted octanol–water partition coefficient (Wildman–Crippen LogP) is 1.23. The van der Waals surface area contributed by atoms with Crippen molar-refractivity contribution in [3.63, 3.8) is 0 Å². The second-order valence-corrected chi connectivity index (χ2v) is 3.52.